The van der Waals surface area contributed by atoms with Crippen LogP contribution in [0.4, 0.5) is 13.2 Å². The monoisotopic (exact) mass is 490 g/mol. The maximum Gasteiger partial charge on any atom is 0.417 e. The molecule has 0 saturated carbocycles. The molecule has 1 aromatic rings. The summed E-state index contributed by atoms with van der Waals surface area (Å²) >= 11 is 0. The van der Waals surface area contributed by atoms with E-state index in [1.807, 2.05) is 20.8 Å². The number of rotatable bonds is 8. The molecule has 0 aromatic carbocycles. The van der Waals surface area contributed by atoms with Gasteiger partial charge in [-0.05, 0) is 26.8 Å². The third-order valence-electron chi connectivity index (χ3n) is 3.22. The normalized spacial score (nSPS) is 12.3. The molecule has 0 atom stereocenters. The lowest BCUT2D eigenvalue weighted by Crippen LogP contribution is -2.40. The fourth-order valence-corrected chi connectivity index (χ4v) is 1.63. The number of guanidine groups is 1. The predicted octanol–water partition coefficient (Wildman–Crippen LogP) is 3.08. The number of alkyl halides is 3. The van der Waals surface area contributed by atoms with Crippen LogP contribution in [0.2, 0.25) is 0 Å². The van der Waals surface area contributed by atoms with Crippen LogP contribution in [-0.4, -0.2) is 49.9 Å². The predicted molar refractivity (Wildman–Crippen MR) is 105 cm³/mol. The van der Waals surface area contributed by atoms with Crippen molar-refractivity contribution in [1.29, 1.82) is 0 Å². The molecule has 0 aliphatic rings. The Labute approximate surface area is 169 Å². The lowest BCUT2D eigenvalue weighted by atomic mass is 10.1. The Hall–Kier alpha value is -1.30. The first-order chi connectivity index (χ1) is 11.7. The van der Waals surface area contributed by atoms with Crippen LogP contribution >= 0.6 is 24.0 Å². The van der Waals surface area contributed by atoms with Crippen LogP contribution in [0.1, 0.15) is 26.3 Å². The van der Waals surface area contributed by atoms with Crippen molar-refractivity contribution in [2.75, 3.05) is 33.4 Å². The average molecular weight is 490 g/mol. The summed E-state index contributed by atoms with van der Waals surface area (Å²) in [6.07, 6.45) is -3.65. The number of aromatic nitrogens is 1. The van der Waals surface area contributed by atoms with Gasteiger partial charge in [-0.3, -0.25) is 4.99 Å². The van der Waals surface area contributed by atoms with Gasteiger partial charge in [0.2, 0.25) is 5.88 Å². The molecule has 6 nitrogen and oxygen atoms in total. The van der Waals surface area contributed by atoms with Crippen molar-refractivity contribution in [3.63, 3.8) is 0 Å². The Bertz CT molecular complexity index is 551. The zero-order chi connectivity index (χ0) is 18.9. The molecule has 1 rings (SSSR count). The Balaban J connectivity index is 0.00000625. The summed E-state index contributed by atoms with van der Waals surface area (Å²) in [4.78, 5) is 8.06. The largest absolute Gasteiger partial charge is 0.476 e. The Morgan fingerprint density at radius 2 is 1.92 bits per heavy atom. The molecule has 0 spiro atoms. The van der Waals surface area contributed by atoms with Crippen molar-refractivity contribution >= 4 is 29.9 Å². The van der Waals surface area contributed by atoms with Gasteiger partial charge in [0.15, 0.2) is 5.96 Å². The zero-order valence-electron chi connectivity index (χ0n) is 15.3. The van der Waals surface area contributed by atoms with Gasteiger partial charge in [0.1, 0.15) is 6.61 Å². The molecule has 10 heteroatoms. The highest BCUT2D eigenvalue weighted by Crippen LogP contribution is 2.29. The van der Waals surface area contributed by atoms with Crippen molar-refractivity contribution in [2.24, 2.45) is 4.99 Å². The molecule has 150 valence electrons. The minimum atomic E-state index is -4.40. The third-order valence-corrected chi connectivity index (χ3v) is 3.22. The number of nitrogens with one attached hydrogen (secondary N) is 2. The summed E-state index contributed by atoms with van der Waals surface area (Å²) in [5.41, 5.74) is -1.18. The number of ether oxygens (including phenoxy) is 2. The SMILES string of the molecule is CCNC(=NCC(C)(C)OC)NCCOc1ccc(C(F)(F)F)cn1.I. The van der Waals surface area contributed by atoms with Crippen LogP contribution in [0.25, 0.3) is 0 Å². The molecule has 0 aliphatic heterocycles. The standard InChI is InChI=1S/C16H25F3N4O2.HI/c1-5-20-14(23-11-15(2,3)24-4)21-8-9-25-13-7-6-12(10-22-13)16(17,18)19;/h6-7,10H,5,8-9,11H2,1-4H3,(H2,20,21,23);1H. The van der Waals surface area contributed by atoms with Gasteiger partial charge in [-0.25, -0.2) is 4.98 Å². The number of pyridine rings is 1. The first-order valence-corrected chi connectivity index (χ1v) is 7.91. The van der Waals surface area contributed by atoms with E-state index >= 15 is 0 Å². The lowest BCUT2D eigenvalue weighted by Gasteiger charge is -2.21. The minimum absolute atomic E-state index is 0. The second-order valence-corrected chi connectivity index (χ2v) is 5.82. The van der Waals surface area contributed by atoms with Crippen LogP contribution in [0.15, 0.2) is 23.3 Å². The lowest BCUT2D eigenvalue weighted by molar-refractivity contribution is -0.137. The molecular formula is C16H26F3IN4O2. The average Bonchev–Trinajstić information content (AvgIpc) is 2.56. The van der Waals surface area contributed by atoms with Gasteiger partial charge >= 0.3 is 6.18 Å². The Morgan fingerprint density at radius 1 is 1.23 bits per heavy atom. The maximum atomic E-state index is 12.4. The highest BCUT2D eigenvalue weighted by molar-refractivity contribution is 14.0. The molecule has 0 aliphatic carbocycles. The molecule has 0 saturated heterocycles. The van der Waals surface area contributed by atoms with E-state index < -0.39 is 11.7 Å². The van der Waals surface area contributed by atoms with Crippen molar-refractivity contribution in [3.8, 4) is 5.88 Å². The van der Waals surface area contributed by atoms with Gasteiger partial charge < -0.3 is 20.1 Å². The fourth-order valence-electron chi connectivity index (χ4n) is 1.63. The summed E-state index contributed by atoms with van der Waals surface area (Å²) in [5.74, 6) is 0.744. The quantitative estimate of drug-likeness (QED) is 0.254. The first-order valence-electron chi connectivity index (χ1n) is 7.91. The second-order valence-electron chi connectivity index (χ2n) is 5.82. The van der Waals surface area contributed by atoms with Gasteiger partial charge in [0, 0.05) is 25.9 Å². The van der Waals surface area contributed by atoms with Crippen molar-refractivity contribution < 1.29 is 22.6 Å². The number of aliphatic imine (C=N–C) groups is 1. The molecule has 2 N–H and O–H groups in total. The van der Waals surface area contributed by atoms with Gasteiger partial charge in [0.25, 0.3) is 0 Å². The number of nitrogens with zero attached hydrogens (tertiary/aromatic N) is 2. The summed E-state index contributed by atoms with van der Waals surface area (Å²) in [7, 11) is 1.63. The maximum absolute atomic E-state index is 12.4. The van der Waals surface area contributed by atoms with Gasteiger partial charge in [-0.2, -0.15) is 13.2 Å². The smallest absolute Gasteiger partial charge is 0.417 e. The van der Waals surface area contributed by atoms with Crippen LogP contribution in [0, 0.1) is 0 Å². The van der Waals surface area contributed by atoms with Gasteiger partial charge in [-0.15, -0.1) is 24.0 Å². The van der Waals surface area contributed by atoms with E-state index in [9.17, 15) is 13.2 Å². The number of methoxy groups -OCH3 is 1. The van der Waals surface area contributed by atoms with Gasteiger partial charge in [0.05, 0.1) is 24.3 Å². The molecule has 1 heterocycles. The van der Waals surface area contributed by atoms with E-state index in [1.54, 1.807) is 7.11 Å². The highest BCUT2D eigenvalue weighted by atomic mass is 127. The first kappa shape index (κ1) is 24.7. The summed E-state index contributed by atoms with van der Waals surface area (Å²) in [6, 6.07) is 2.14. The van der Waals surface area contributed by atoms with E-state index in [4.69, 9.17) is 9.47 Å². The molecular weight excluding hydrogens is 464 g/mol. The fraction of sp³-hybridized carbons (Fsp3) is 0.625. The number of hydrogen-bond donors (Lipinski definition) is 2. The van der Waals surface area contributed by atoms with Crippen LogP contribution in [-0.2, 0) is 10.9 Å². The topological polar surface area (TPSA) is 67.8 Å². The summed E-state index contributed by atoms with van der Waals surface area (Å²) in [5, 5.41) is 6.16. The molecule has 1 aromatic heterocycles. The highest BCUT2D eigenvalue weighted by Gasteiger charge is 2.30. The number of halogens is 4. The third kappa shape index (κ3) is 9.41. The van der Waals surface area contributed by atoms with Gasteiger partial charge in [-0.1, -0.05) is 0 Å². The van der Waals surface area contributed by atoms with E-state index in [-0.39, 0.29) is 42.1 Å². The number of hydrogen-bond acceptors (Lipinski definition) is 4. The molecule has 0 radical (unpaired) electrons. The second kappa shape index (κ2) is 11.4. The minimum Gasteiger partial charge on any atom is -0.476 e. The Kier molecular flexibility index (Phi) is 10.8. The van der Waals surface area contributed by atoms with Crippen LogP contribution in [0.3, 0.4) is 0 Å². The molecule has 0 amide bonds. The van der Waals surface area contributed by atoms with Crippen LogP contribution in [0.5, 0.6) is 5.88 Å². The van der Waals surface area contributed by atoms with E-state index in [0.29, 0.717) is 25.6 Å². The van der Waals surface area contributed by atoms with Crippen molar-refractivity contribution in [3.05, 3.63) is 23.9 Å². The summed E-state index contributed by atoms with van der Waals surface area (Å²) < 4.78 is 48.0. The molecule has 0 bridgehead atoms. The molecule has 0 fully saturated rings. The molecule has 26 heavy (non-hydrogen) atoms. The zero-order valence-corrected chi connectivity index (χ0v) is 17.6. The van der Waals surface area contributed by atoms with Crippen molar-refractivity contribution in [1.82, 2.24) is 15.6 Å². The Morgan fingerprint density at radius 3 is 2.42 bits per heavy atom. The van der Waals surface area contributed by atoms with E-state index in [2.05, 4.69) is 20.6 Å². The van der Waals surface area contributed by atoms with E-state index in [0.717, 1.165) is 12.3 Å². The van der Waals surface area contributed by atoms with E-state index in [1.165, 1.54) is 6.07 Å². The molecule has 0 unspecified atom stereocenters. The summed E-state index contributed by atoms with van der Waals surface area (Å²) in [6.45, 7) is 7.62. The van der Waals surface area contributed by atoms with Crippen LogP contribution < -0.4 is 15.4 Å². The van der Waals surface area contributed by atoms with Crippen molar-refractivity contribution in [2.45, 2.75) is 32.5 Å².